The summed E-state index contributed by atoms with van der Waals surface area (Å²) in [4.78, 5) is 10.1. The van der Waals surface area contributed by atoms with Gasteiger partial charge in [-0.05, 0) is 53.8 Å². The second-order valence-corrected chi connectivity index (χ2v) is 8.41. The van der Waals surface area contributed by atoms with E-state index in [0.717, 1.165) is 27.1 Å². The van der Waals surface area contributed by atoms with Crippen LogP contribution in [0.3, 0.4) is 0 Å². The number of halogens is 3. The smallest absolute Gasteiger partial charge is 0.317 e. The topological polar surface area (TPSA) is 35.0 Å². The molecule has 0 aliphatic heterocycles. The number of hydrogen-bond donors (Lipinski definition) is 0. The normalized spacial score (nSPS) is 10.8. The van der Waals surface area contributed by atoms with Gasteiger partial charge in [0.1, 0.15) is 12.4 Å². The fourth-order valence-electron chi connectivity index (χ4n) is 3.02. The summed E-state index contributed by atoms with van der Waals surface area (Å²) >= 11 is 14.3. The van der Waals surface area contributed by atoms with Crippen molar-refractivity contribution in [1.82, 2.24) is 9.97 Å². The fraction of sp³-hybridized carbons (Fsp3) is 0.0833. The highest BCUT2D eigenvalue weighted by Gasteiger charge is 2.16. The Labute approximate surface area is 194 Å². The van der Waals surface area contributed by atoms with Crippen LogP contribution in [0.5, 0.6) is 6.01 Å². The molecule has 0 atom stereocenters. The average Bonchev–Trinajstić information content (AvgIpc) is 2.79. The van der Waals surface area contributed by atoms with E-state index in [1.54, 1.807) is 30.1 Å². The summed E-state index contributed by atoms with van der Waals surface area (Å²) in [5, 5.41) is 1.23. The molecule has 0 spiro atoms. The van der Waals surface area contributed by atoms with E-state index in [9.17, 15) is 4.39 Å². The zero-order valence-electron chi connectivity index (χ0n) is 16.5. The zero-order valence-corrected chi connectivity index (χ0v) is 18.8. The second-order valence-electron chi connectivity index (χ2n) is 6.68. The Morgan fingerprint density at radius 1 is 0.935 bits per heavy atom. The number of hydrogen-bond acceptors (Lipinski definition) is 4. The third-order valence-electron chi connectivity index (χ3n) is 4.63. The van der Waals surface area contributed by atoms with Crippen LogP contribution in [0.2, 0.25) is 10.0 Å². The van der Waals surface area contributed by atoms with E-state index in [0.29, 0.717) is 15.7 Å². The highest BCUT2D eigenvalue weighted by atomic mass is 35.5. The predicted molar refractivity (Wildman–Crippen MR) is 125 cm³/mol. The first-order chi connectivity index (χ1) is 15.0. The molecule has 0 saturated heterocycles. The molecule has 0 amide bonds. The molecule has 0 fully saturated rings. The molecule has 31 heavy (non-hydrogen) atoms. The first-order valence-electron chi connectivity index (χ1n) is 9.37. The van der Waals surface area contributed by atoms with Crippen molar-refractivity contribution in [3.8, 4) is 28.4 Å². The van der Waals surface area contributed by atoms with Crippen LogP contribution < -0.4 is 4.74 Å². The number of ether oxygens (including phenoxy) is 1. The molecule has 7 heteroatoms. The lowest BCUT2D eigenvalue weighted by Gasteiger charge is -2.13. The van der Waals surface area contributed by atoms with Gasteiger partial charge < -0.3 is 4.74 Å². The van der Waals surface area contributed by atoms with Gasteiger partial charge in [-0.1, -0.05) is 53.5 Å². The maximum Gasteiger partial charge on any atom is 0.317 e. The summed E-state index contributed by atoms with van der Waals surface area (Å²) in [6.07, 6.45) is 3.71. The molecule has 0 radical (unpaired) electrons. The van der Waals surface area contributed by atoms with Crippen molar-refractivity contribution in [2.24, 2.45) is 0 Å². The molecule has 156 valence electrons. The summed E-state index contributed by atoms with van der Waals surface area (Å²) < 4.78 is 18.9. The second kappa shape index (κ2) is 9.69. The van der Waals surface area contributed by atoms with Crippen LogP contribution in [0, 0.1) is 5.82 Å². The Bertz CT molecular complexity index is 1200. The lowest BCUT2D eigenvalue weighted by atomic mass is 10.0. The quantitative estimate of drug-likeness (QED) is 0.272. The van der Waals surface area contributed by atoms with Crippen LogP contribution in [0.1, 0.15) is 5.56 Å². The van der Waals surface area contributed by atoms with E-state index in [2.05, 4.69) is 9.97 Å². The third-order valence-corrected chi connectivity index (χ3v) is 5.92. The Morgan fingerprint density at radius 3 is 2.35 bits per heavy atom. The minimum absolute atomic E-state index is 0.210. The van der Waals surface area contributed by atoms with Crippen molar-refractivity contribution in [3.63, 3.8) is 0 Å². The standard InChI is InChI=1S/C24H17Cl2FN2OS/c1-31-19-10-11-20(22(26)12-19)23-21(16-4-6-17(25)7-5-16)13-28-24(29-23)30-14-15-2-8-18(27)9-3-15/h2-13H,14H2,1H3. The zero-order chi connectivity index (χ0) is 21.8. The Kier molecular flexibility index (Phi) is 6.76. The molecular formula is C24H17Cl2FN2OS. The maximum atomic E-state index is 13.1. The Balaban J connectivity index is 1.73. The van der Waals surface area contributed by atoms with Gasteiger partial charge >= 0.3 is 6.01 Å². The van der Waals surface area contributed by atoms with Gasteiger partial charge in [-0.3, -0.25) is 0 Å². The molecule has 0 saturated carbocycles. The summed E-state index contributed by atoms with van der Waals surface area (Å²) in [5.41, 5.74) is 3.97. The van der Waals surface area contributed by atoms with Crippen molar-refractivity contribution in [3.05, 3.63) is 94.4 Å². The van der Waals surface area contributed by atoms with Gasteiger partial charge in [0.25, 0.3) is 0 Å². The van der Waals surface area contributed by atoms with E-state index in [1.807, 2.05) is 48.7 Å². The fourth-order valence-corrected chi connectivity index (χ4v) is 3.93. The van der Waals surface area contributed by atoms with Crippen molar-refractivity contribution < 1.29 is 9.13 Å². The molecule has 1 aromatic heterocycles. The molecule has 4 aromatic rings. The molecule has 4 rings (SSSR count). The molecule has 3 aromatic carbocycles. The SMILES string of the molecule is CSc1ccc(-c2nc(OCc3ccc(F)cc3)ncc2-c2ccc(Cl)cc2)c(Cl)c1. The Hall–Kier alpha value is -2.60. The van der Waals surface area contributed by atoms with Crippen LogP contribution in [-0.2, 0) is 6.61 Å². The molecule has 0 N–H and O–H groups in total. The summed E-state index contributed by atoms with van der Waals surface area (Å²) in [6.45, 7) is 0.221. The van der Waals surface area contributed by atoms with Gasteiger partial charge in [0, 0.05) is 27.2 Å². The highest BCUT2D eigenvalue weighted by Crippen LogP contribution is 2.37. The minimum atomic E-state index is -0.294. The van der Waals surface area contributed by atoms with Gasteiger partial charge in [0.05, 0.1) is 10.7 Å². The van der Waals surface area contributed by atoms with E-state index >= 15 is 0 Å². The average molecular weight is 471 g/mol. The van der Waals surface area contributed by atoms with Crippen LogP contribution in [0.4, 0.5) is 4.39 Å². The lowest BCUT2D eigenvalue weighted by Crippen LogP contribution is -2.02. The number of rotatable bonds is 6. The largest absolute Gasteiger partial charge is 0.459 e. The van der Waals surface area contributed by atoms with Gasteiger partial charge in [-0.2, -0.15) is 4.98 Å². The van der Waals surface area contributed by atoms with Crippen molar-refractivity contribution in [2.45, 2.75) is 11.5 Å². The minimum Gasteiger partial charge on any atom is -0.459 e. The van der Waals surface area contributed by atoms with Gasteiger partial charge in [-0.15, -0.1) is 11.8 Å². The number of thioether (sulfide) groups is 1. The first-order valence-corrected chi connectivity index (χ1v) is 11.4. The van der Waals surface area contributed by atoms with Crippen LogP contribution in [0.25, 0.3) is 22.4 Å². The van der Waals surface area contributed by atoms with Gasteiger partial charge in [-0.25, -0.2) is 9.37 Å². The summed E-state index contributed by atoms with van der Waals surface area (Å²) in [6, 6.07) is 19.6. The lowest BCUT2D eigenvalue weighted by molar-refractivity contribution is 0.281. The third kappa shape index (κ3) is 5.18. The van der Waals surface area contributed by atoms with E-state index < -0.39 is 0 Å². The van der Waals surface area contributed by atoms with Crippen LogP contribution >= 0.6 is 35.0 Å². The first kappa shape index (κ1) is 21.6. The molecule has 1 heterocycles. The van der Waals surface area contributed by atoms with Gasteiger partial charge in [0.2, 0.25) is 0 Å². The predicted octanol–water partition coefficient (Wildman–Crippen LogP) is 7.56. The monoisotopic (exact) mass is 470 g/mol. The van der Waals surface area contributed by atoms with E-state index in [1.165, 1.54) is 12.1 Å². The van der Waals surface area contributed by atoms with E-state index in [4.69, 9.17) is 27.9 Å². The molecule has 0 aliphatic rings. The van der Waals surface area contributed by atoms with Crippen molar-refractivity contribution in [1.29, 1.82) is 0 Å². The van der Waals surface area contributed by atoms with Crippen molar-refractivity contribution in [2.75, 3.05) is 6.26 Å². The highest BCUT2D eigenvalue weighted by molar-refractivity contribution is 7.98. The van der Waals surface area contributed by atoms with Crippen LogP contribution in [0.15, 0.2) is 77.8 Å². The summed E-state index contributed by atoms with van der Waals surface area (Å²) in [5.74, 6) is -0.294. The van der Waals surface area contributed by atoms with Gasteiger partial charge in [0.15, 0.2) is 0 Å². The summed E-state index contributed by atoms with van der Waals surface area (Å²) in [7, 11) is 0. The molecular weight excluding hydrogens is 454 g/mol. The number of benzene rings is 3. The van der Waals surface area contributed by atoms with Crippen molar-refractivity contribution >= 4 is 35.0 Å². The Morgan fingerprint density at radius 2 is 1.68 bits per heavy atom. The number of aromatic nitrogens is 2. The molecule has 0 unspecified atom stereocenters. The molecule has 3 nitrogen and oxygen atoms in total. The van der Waals surface area contributed by atoms with Crippen LogP contribution in [-0.4, -0.2) is 16.2 Å². The molecule has 0 aliphatic carbocycles. The van der Waals surface area contributed by atoms with E-state index in [-0.39, 0.29) is 18.4 Å². The maximum absolute atomic E-state index is 13.1. The number of nitrogens with zero attached hydrogens (tertiary/aromatic N) is 2. The molecule has 0 bridgehead atoms.